The second-order valence-corrected chi connectivity index (χ2v) is 6.25. The van der Waals surface area contributed by atoms with Crippen LogP contribution in [0.4, 0.5) is 20.8 Å². The molecule has 0 unspecified atom stereocenters. The number of anilines is 2. The lowest BCUT2D eigenvalue weighted by molar-refractivity contribution is -0.116. The number of benzene rings is 1. The summed E-state index contributed by atoms with van der Waals surface area (Å²) < 4.78 is 14.8. The van der Waals surface area contributed by atoms with Gasteiger partial charge in [-0.05, 0) is 19.4 Å². The number of rotatable bonds is 5. The molecule has 0 bridgehead atoms. The molecule has 0 aliphatic heterocycles. The van der Waals surface area contributed by atoms with Gasteiger partial charge in [-0.25, -0.2) is 14.2 Å². The Morgan fingerprint density at radius 2 is 2.00 bits per heavy atom. The van der Waals surface area contributed by atoms with Crippen molar-refractivity contribution in [2.75, 3.05) is 16.8 Å². The van der Waals surface area contributed by atoms with E-state index in [1.54, 1.807) is 6.92 Å². The quantitative estimate of drug-likeness (QED) is 0.628. The Bertz CT molecular complexity index is 1000. The Morgan fingerprint density at radius 1 is 1.29 bits per heavy atom. The Labute approximate surface area is 161 Å². The maximum atomic E-state index is 14.8. The van der Waals surface area contributed by atoms with Gasteiger partial charge in [-0.2, -0.15) is 5.10 Å². The van der Waals surface area contributed by atoms with Crippen LogP contribution in [0.25, 0.3) is 10.9 Å². The fourth-order valence-corrected chi connectivity index (χ4v) is 2.91. The number of amides is 3. The lowest BCUT2D eigenvalue weighted by Crippen LogP contribution is -2.31. The Balaban J connectivity index is 1.80. The fourth-order valence-electron chi connectivity index (χ4n) is 2.91. The summed E-state index contributed by atoms with van der Waals surface area (Å²) in [5.41, 5.74) is 0.986. The van der Waals surface area contributed by atoms with E-state index < -0.39 is 11.8 Å². The van der Waals surface area contributed by atoms with Gasteiger partial charge < -0.3 is 5.32 Å². The molecule has 28 heavy (non-hydrogen) atoms. The normalized spacial score (nSPS) is 11.9. The highest BCUT2D eigenvalue weighted by atomic mass is 19.1. The lowest BCUT2D eigenvalue weighted by atomic mass is 10.1. The van der Waals surface area contributed by atoms with E-state index in [0.29, 0.717) is 17.7 Å². The minimum Gasteiger partial charge on any atom is -0.331 e. The summed E-state index contributed by atoms with van der Waals surface area (Å²) >= 11 is 0. The van der Waals surface area contributed by atoms with Gasteiger partial charge in [-0.1, -0.05) is 30.3 Å². The van der Waals surface area contributed by atoms with Crippen LogP contribution in [0, 0.1) is 5.82 Å². The highest BCUT2D eigenvalue weighted by Gasteiger charge is 2.21. The number of aromatic amines is 1. The van der Waals surface area contributed by atoms with E-state index in [1.807, 2.05) is 37.3 Å². The molecule has 3 N–H and O–H groups in total. The second kappa shape index (κ2) is 8.03. The van der Waals surface area contributed by atoms with E-state index >= 15 is 0 Å². The maximum Gasteiger partial charge on any atom is 0.320 e. The van der Waals surface area contributed by atoms with Crippen molar-refractivity contribution in [2.24, 2.45) is 0 Å². The average Bonchev–Trinajstić information content (AvgIpc) is 3.09. The first-order valence-corrected chi connectivity index (χ1v) is 8.85. The number of fused-ring (bicyclic) bond motifs is 1. The highest BCUT2D eigenvalue weighted by Crippen LogP contribution is 2.28. The van der Waals surface area contributed by atoms with Crippen LogP contribution in [0.2, 0.25) is 0 Å². The molecule has 2 heterocycles. The first-order valence-electron chi connectivity index (χ1n) is 8.85. The van der Waals surface area contributed by atoms with Crippen molar-refractivity contribution in [3.8, 4) is 0 Å². The molecular formula is C19H21FN6O2. The summed E-state index contributed by atoms with van der Waals surface area (Å²) in [6.07, 6.45) is 1.37. The smallest absolute Gasteiger partial charge is 0.320 e. The van der Waals surface area contributed by atoms with Crippen molar-refractivity contribution in [1.29, 1.82) is 0 Å². The van der Waals surface area contributed by atoms with Gasteiger partial charge in [0.1, 0.15) is 5.52 Å². The summed E-state index contributed by atoms with van der Waals surface area (Å²) in [7, 11) is 0. The van der Waals surface area contributed by atoms with Crippen molar-refractivity contribution in [3.63, 3.8) is 0 Å². The monoisotopic (exact) mass is 384 g/mol. The molecule has 3 amide bonds. The molecule has 0 aliphatic rings. The number of hydrogen-bond donors (Lipinski definition) is 3. The van der Waals surface area contributed by atoms with Crippen molar-refractivity contribution in [2.45, 2.75) is 26.8 Å². The van der Waals surface area contributed by atoms with E-state index in [4.69, 9.17) is 0 Å². The molecule has 0 radical (unpaired) electrons. The van der Waals surface area contributed by atoms with Crippen LogP contribution in [-0.2, 0) is 4.79 Å². The molecule has 8 nitrogen and oxygen atoms in total. The van der Waals surface area contributed by atoms with E-state index in [2.05, 4.69) is 25.8 Å². The fraction of sp³-hybridized carbons (Fsp3) is 0.263. The summed E-state index contributed by atoms with van der Waals surface area (Å²) in [4.78, 5) is 29.3. The van der Waals surface area contributed by atoms with Gasteiger partial charge in [-0.15, -0.1) is 0 Å². The van der Waals surface area contributed by atoms with Gasteiger partial charge in [0, 0.05) is 19.7 Å². The molecule has 2 aromatic heterocycles. The number of halogens is 1. The first-order chi connectivity index (χ1) is 13.4. The third-order valence-electron chi connectivity index (χ3n) is 4.37. The predicted molar refractivity (Wildman–Crippen MR) is 105 cm³/mol. The topological polar surface area (TPSA) is 103 Å². The van der Waals surface area contributed by atoms with Gasteiger partial charge in [0.15, 0.2) is 17.5 Å². The number of hydrogen-bond acceptors (Lipinski definition) is 4. The molecule has 0 aliphatic carbocycles. The molecule has 1 aromatic carbocycles. The molecule has 3 rings (SSSR count). The van der Waals surface area contributed by atoms with Crippen molar-refractivity contribution < 1.29 is 14.0 Å². The van der Waals surface area contributed by atoms with Crippen LogP contribution in [-0.4, -0.2) is 33.7 Å². The number of carbonyl (C=O) groups is 2. The summed E-state index contributed by atoms with van der Waals surface area (Å²) in [5.74, 6) is -0.900. The lowest BCUT2D eigenvalue weighted by Gasteiger charge is -2.16. The molecule has 0 saturated heterocycles. The number of urea groups is 1. The zero-order valence-corrected chi connectivity index (χ0v) is 15.8. The number of aromatic nitrogens is 3. The van der Waals surface area contributed by atoms with Gasteiger partial charge >= 0.3 is 6.03 Å². The minimum atomic E-state index is -0.752. The largest absolute Gasteiger partial charge is 0.331 e. The number of nitrogens with one attached hydrogen (secondary N) is 3. The first kappa shape index (κ1) is 19.3. The average molecular weight is 384 g/mol. The molecule has 146 valence electrons. The standard InChI is InChI=1S/C19H21FN6O2/c1-4-26(12(3)27)18-14-10-21-17(15(20)16(14)24-25-18)23-19(28)22-11(2)13-8-6-5-7-9-13/h5-11H,4H2,1-3H3,(H,24,25)(H2,21,22,23,28)/t11-/m1/s1. The second-order valence-electron chi connectivity index (χ2n) is 6.25. The summed E-state index contributed by atoms with van der Waals surface area (Å²) in [6, 6.07) is 8.55. The van der Waals surface area contributed by atoms with Crippen LogP contribution >= 0.6 is 0 Å². The van der Waals surface area contributed by atoms with Crippen LogP contribution in [0.3, 0.4) is 0 Å². The molecule has 0 saturated carbocycles. The highest BCUT2D eigenvalue weighted by molar-refractivity contribution is 6.01. The number of H-pyrrole nitrogens is 1. The molecule has 1 atom stereocenters. The number of nitrogens with zero attached hydrogens (tertiary/aromatic N) is 3. The SMILES string of the molecule is CCN(C(C)=O)c1n[nH]c2c(F)c(NC(=O)N[C@H](C)c3ccccc3)ncc12. The van der Waals surface area contributed by atoms with E-state index in [0.717, 1.165) is 5.56 Å². The zero-order chi connectivity index (χ0) is 20.3. The van der Waals surface area contributed by atoms with Crippen LogP contribution in [0.5, 0.6) is 0 Å². The molecule has 3 aromatic rings. The van der Waals surface area contributed by atoms with Crippen LogP contribution in [0.1, 0.15) is 32.4 Å². The van der Waals surface area contributed by atoms with Crippen LogP contribution < -0.4 is 15.5 Å². The van der Waals surface area contributed by atoms with Crippen LogP contribution in [0.15, 0.2) is 36.5 Å². The Morgan fingerprint density at radius 3 is 2.64 bits per heavy atom. The van der Waals surface area contributed by atoms with E-state index in [9.17, 15) is 14.0 Å². The zero-order valence-electron chi connectivity index (χ0n) is 15.8. The Hall–Kier alpha value is -3.49. The third kappa shape index (κ3) is 3.78. The van der Waals surface area contributed by atoms with Gasteiger partial charge in [-0.3, -0.25) is 20.1 Å². The molecule has 0 spiro atoms. The third-order valence-corrected chi connectivity index (χ3v) is 4.37. The van der Waals surface area contributed by atoms with Gasteiger partial charge in [0.2, 0.25) is 5.91 Å². The van der Waals surface area contributed by atoms with E-state index in [-0.39, 0.29) is 23.3 Å². The summed E-state index contributed by atoms with van der Waals surface area (Å²) in [5, 5.41) is 12.1. The molecule has 9 heteroatoms. The number of pyridine rings is 1. The molecule has 0 fully saturated rings. The number of carbonyl (C=O) groups excluding carboxylic acids is 2. The molecular weight excluding hydrogens is 363 g/mol. The van der Waals surface area contributed by atoms with E-state index in [1.165, 1.54) is 18.0 Å². The minimum absolute atomic E-state index is 0.0658. The van der Waals surface area contributed by atoms with Crippen molar-refractivity contribution in [1.82, 2.24) is 20.5 Å². The van der Waals surface area contributed by atoms with Gasteiger partial charge in [0.05, 0.1) is 11.4 Å². The van der Waals surface area contributed by atoms with Crippen molar-refractivity contribution >= 4 is 34.5 Å². The van der Waals surface area contributed by atoms with Crippen molar-refractivity contribution in [3.05, 3.63) is 47.9 Å². The Kier molecular flexibility index (Phi) is 5.53. The predicted octanol–water partition coefficient (Wildman–Crippen LogP) is 3.35. The summed E-state index contributed by atoms with van der Waals surface area (Å²) in [6.45, 7) is 5.41. The van der Waals surface area contributed by atoms with Gasteiger partial charge in [0.25, 0.3) is 0 Å². The maximum absolute atomic E-state index is 14.8.